The Labute approximate surface area is 113 Å². The van der Waals surface area contributed by atoms with E-state index in [1.807, 2.05) is 20.8 Å². The summed E-state index contributed by atoms with van der Waals surface area (Å²) in [5, 5.41) is 9.17. The Morgan fingerprint density at radius 2 is 1.94 bits per heavy atom. The molecular weight excluding hydrogens is 250 g/mol. The third-order valence-electron chi connectivity index (χ3n) is 2.95. The van der Waals surface area contributed by atoms with E-state index >= 15 is 0 Å². The lowest BCUT2D eigenvalue weighted by atomic mass is 9.80. The van der Waals surface area contributed by atoms with Gasteiger partial charge in [0, 0.05) is 13.1 Å². The predicted octanol–water partition coefficient (Wildman–Crippen LogP) is 1.81. The van der Waals surface area contributed by atoms with Crippen molar-refractivity contribution in [2.75, 3.05) is 13.1 Å². The van der Waals surface area contributed by atoms with Crippen molar-refractivity contribution in [1.82, 2.24) is 4.90 Å². The molecule has 0 aliphatic carbocycles. The number of likely N-dealkylation sites (tertiary alicyclic amines) is 1. The molecule has 6 heteroatoms. The van der Waals surface area contributed by atoms with Crippen LogP contribution < -0.4 is 5.73 Å². The van der Waals surface area contributed by atoms with Crippen molar-refractivity contribution >= 4 is 23.3 Å². The first-order valence-electron chi connectivity index (χ1n) is 5.89. The van der Waals surface area contributed by atoms with Gasteiger partial charge in [0.05, 0.1) is 11.1 Å². The highest BCUT2D eigenvalue weighted by atomic mass is 32.1. The molecule has 0 aromatic carbocycles. The standard InChI is InChI=1S/C12H19N3O2S/c1-11(2,3)17-10(16)15-6-4-12(8-13,5-7-15)9(14)18/h4-7H2,1-3H3,(H2,14,18). The number of rotatable bonds is 1. The highest BCUT2D eigenvalue weighted by Crippen LogP contribution is 2.31. The van der Waals surface area contributed by atoms with E-state index < -0.39 is 11.0 Å². The number of nitriles is 1. The van der Waals surface area contributed by atoms with E-state index in [9.17, 15) is 10.1 Å². The van der Waals surface area contributed by atoms with Gasteiger partial charge in [-0.3, -0.25) is 0 Å². The first-order valence-corrected chi connectivity index (χ1v) is 6.30. The summed E-state index contributed by atoms with van der Waals surface area (Å²) < 4.78 is 5.28. The third-order valence-corrected chi connectivity index (χ3v) is 3.35. The van der Waals surface area contributed by atoms with Crippen LogP contribution >= 0.6 is 12.2 Å². The van der Waals surface area contributed by atoms with Crippen molar-refractivity contribution in [3.8, 4) is 6.07 Å². The van der Waals surface area contributed by atoms with Crippen LogP contribution in [-0.2, 0) is 4.74 Å². The summed E-state index contributed by atoms with van der Waals surface area (Å²) in [7, 11) is 0. The molecule has 0 unspecified atom stereocenters. The predicted molar refractivity (Wildman–Crippen MR) is 71.9 cm³/mol. The molecule has 2 N–H and O–H groups in total. The van der Waals surface area contributed by atoms with E-state index in [-0.39, 0.29) is 11.1 Å². The van der Waals surface area contributed by atoms with E-state index in [0.29, 0.717) is 25.9 Å². The molecule has 5 nitrogen and oxygen atoms in total. The molecule has 0 aromatic heterocycles. The Hall–Kier alpha value is -1.35. The average Bonchev–Trinajstić information content (AvgIpc) is 2.26. The Balaban J connectivity index is 2.62. The first-order chi connectivity index (χ1) is 8.20. The summed E-state index contributed by atoms with van der Waals surface area (Å²) in [6.45, 7) is 6.36. The van der Waals surface area contributed by atoms with E-state index in [1.165, 1.54) is 0 Å². The van der Waals surface area contributed by atoms with Gasteiger partial charge in [-0.25, -0.2) is 4.79 Å². The Kier molecular flexibility index (Phi) is 4.17. The van der Waals surface area contributed by atoms with Gasteiger partial charge in [-0.15, -0.1) is 0 Å². The zero-order chi connectivity index (χ0) is 14.0. The maximum atomic E-state index is 11.8. The van der Waals surface area contributed by atoms with Crippen molar-refractivity contribution in [3.63, 3.8) is 0 Å². The maximum absolute atomic E-state index is 11.8. The lowest BCUT2D eigenvalue weighted by molar-refractivity contribution is 0.0181. The molecule has 18 heavy (non-hydrogen) atoms. The van der Waals surface area contributed by atoms with Gasteiger partial charge in [0.15, 0.2) is 0 Å². The van der Waals surface area contributed by atoms with E-state index in [1.54, 1.807) is 4.90 Å². The monoisotopic (exact) mass is 269 g/mol. The SMILES string of the molecule is CC(C)(C)OC(=O)N1CCC(C#N)(C(N)=S)CC1. The van der Waals surface area contributed by atoms with E-state index in [0.717, 1.165) is 0 Å². The molecule has 0 saturated carbocycles. The van der Waals surface area contributed by atoms with Gasteiger partial charge < -0.3 is 15.4 Å². The van der Waals surface area contributed by atoms with Gasteiger partial charge in [0.25, 0.3) is 0 Å². The number of piperidine rings is 1. The Morgan fingerprint density at radius 3 is 2.28 bits per heavy atom. The number of amides is 1. The van der Waals surface area contributed by atoms with Crippen molar-refractivity contribution < 1.29 is 9.53 Å². The fraction of sp³-hybridized carbons (Fsp3) is 0.750. The number of hydrogen-bond acceptors (Lipinski definition) is 4. The van der Waals surface area contributed by atoms with Crippen molar-refractivity contribution in [2.45, 2.75) is 39.2 Å². The van der Waals surface area contributed by atoms with Gasteiger partial charge in [-0.1, -0.05) is 12.2 Å². The molecule has 1 heterocycles. The molecule has 0 bridgehead atoms. The van der Waals surface area contributed by atoms with Crippen LogP contribution in [0.3, 0.4) is 0 Å². The molecule has 100 valence electrons. The van der Waals surface area contributed by atoms with Crippen LogP contribution in [-0.4, -0.2) is 34.7 Å². The minimum Gasteiger partial charge on any atom is -0.444 e. The lowest BCUT2D eigenvalue weighted by Gasteiger charge is -2.37. The Bertz CT molecular complexity index is 387. The minimum absolute atomic E-state index is 0.217. The molecule has 0 aromatic rings. The van der Waals surface area contributed by atoms with Gasteiger partial charge in [-0.2, -0.15) is 5.26 Å². The topological polar surface area (TPSA) is 79.3 Å². The summed E-state index contributed by atoms with van der Waals surface area (Å²) in [6.07, 6.45) is 0.591. The fourth-order valence-electron chi connectivity index (χ4n) is 1.81. The van der Waals surface area contributed by atoms with Crippen LogP contribution in [0.5, 0.6) is 0 Å². The number of carbonyl (C=O) groups excluding carboxylic acids is 1. The minimum atomic E-state index is -0.770. The van der Waals surface area contributed by atoms with Crippen LogP contribution in [0.25, 0.3) is 0 Å². The largest absolute Gasteiger partial charge is 0.444 e. The number of ether oxygens (including phenoxy) is 1. The molecular formula is C12H19N3O2S. The van der Waals surface area contributed by atoms with Crippen LogP contribution in [0.1, 0.15) is 33.6 Å². The molecule has 1 amide bonds. The van der Waals surface area contributed by atoms with Crippen LogP contribution in [0.15, 0.2) is 0 Å². The average molecular weight is 269 g/mol. The number of hydrogen-bond donors (Lipinski definition) is 1. The lowest BCUT2D eigenvalue weighted by Crippen LogP contribution is -2.48. The molecule has 1 saturated heterocycles. The van der Waals surface area contributed by atoms with Crippen molar-refractivity contribution in [3.05, 3.63) is 0 Å². The highest BCUT2D eigenvalue weighted by molar-refractivity contribution is 7.80. The number of thiocarbonyl (C=S) groups is 1. The van der Waals surface area contributed by atoms with Gasteiger partial charge in [0.1, 0.15) is 11.0 Å². The molecule has 0 spiro atoms. The van der Waals surface area contributed by atoms with Crippen molar-refractivity contribution in [2.24, 2.45) is 11.1 Å². The maximum Gasteiger partial charge on any atom is 0.410 e. The quantitative estimate of drug-likeness (QED) is 0.734. The first kappa shape index (κ1) is 14.7. The summed E-state index contributed by atoms with van der Waals surface area (Å²) in [6, 6.07) is 2.18. The molecule has 0 radical (unpaired) electrons. The van der Waals surface area contributed by atoms with Gasteiger partial charge in [-0.05, 0) is 33.6 Å². The third kappa shape index (κ3) is 3.33. The van der Waals surface area contributed by atoms with Crippen LogP contribution in [0, 0.1) is 16.7 Å². The highest BCUT2D eigenvalue weighted by Gasteiger charge is 2.39. The van der Waals surface area contributed by atoms with Gasteiger partial charge >= 0.3 is 6.09 Å². The molecule has 0 atom stereocenters. The van der Waals surface area contributed by atoms with Crippen LogP contribution in [0.4, 0.5) is 4.79 Å². The van der Waals surface area contributed by atoms with Crippen molar-refractivity contribution in [1.29, 1.82) is 5.26 Å². The second-order valence-corrected chi connectivity index (χ2v) is 5.97. The molecule has 1 rings (SSSR count). The molecule has 1 aliphatic heterocycles. The second-order valence-electron chi connectivity index (χ2n) is 5.53. The fourth-order valence-corrected chi connectivity index (χ4v) is 2.06. The Morgan fingerprint density at radius 1 is 1.44 bits per heavy atom. The van der Waals surface area contributed by atoms with E-state index in [4.69, 9.17) is 22.7 Å². The zero-order valence-corrected chi connectivity index (χ0v) is 11.8. The molecule has 1 fully saturated rings. The van der Waals surface area contributed by atoms with Gasteiger partial charge in [0.2, 0.25) is 0 Å². The second kappa shape index (κ2) is 5.11. The summed E-state index contributed by atoms with van der Waals surface area (Å²) in [4.78, 5) is 13.7. The smallest absolute Gasteiger partial charge is 0.410 e. The van der Waals surface area contributed by atoms with E-state index in [2.05, 4.69) is 6.07 Å². The zero-order valence-electron chi connectivity index (χ0n) is 11.0. The normalized spacial score (nSPS) is 18.9. The summed E-state index contributed by atoms with van der Waals surface area (Å²) in [5.74, 6) is 0. The number of nitrogens with zero attached hydrogens (tertiary/aromatic N) is 2. The number of carbonyl (C=O) groups is 1. The number of nitrogens with two attached hydrogens (primary N) is 1. The van der Waals surface area contributed by atoms with Crippen LogP contribution in [0.2, 0.25) is 0 Å². The molecule has 1 aliphatic rings. The summed E-state index contributed by atoms with van der Waals surface area (Å²) in [5.41, 5.74) is 4.33. The summed E-state index contributed by atoms with van der Waals surface area (Å²) >= 11 is 4.94.